The summed E-state index contributed by atoms with van der Waals surface area (Å²) < 4.78 is 33.1. The van der Waals surface area contributed by atoms with Crippen LogP contribution in [0.15, 0.2) is 47.4 Å². The van der Waals surface area contributed by atoms with Gasteiger partial charge in [-0.15, -0.1) is 0 Å². The number of nitrogens with zero attached hydrogens (tertiary/aromatic N) is 1. The van der Waals surface area contributed by atoms with Crippen LogP contribution in [0.2, 0.25) is 0 Å². The highest BCUT2D eigenvalue weighted by Gasteiger charge is 2.27. The molecule has 1 heterocycles. The molecule has 1 fully saturated rings. The summed E-state index contributed by atoms with van der Waals surface area (Å²) in [5.74, 6) is -0.814. The largest absolute Gasteiger partial charge is 0.496 e. The first-order valence-corrected chi connectivity index (χ1v) is 11.6. The van der Waals surface area contributed by atoms with Crippen LogP contribution in [0.5, 0.6) is 5.75 Å². The van der Waals surface area contributed by atoms with Gasteiger partial charge >= 0.3 is 0 Å². The molecule has 0 aliphatic carbocycles. The molecule has 9 heteroatoms. The van der Waals surface area contributed by atoms with Crippen LogP contribution in [0.4, 0.5) is 5.69 Å². The zero-order valence-electron chi connectivity index (χ0n) is 17.5. The molecule has 0 atom stereocenters. The van der Waals surface area contributed by atoms with Gasteiger partial charge < -0.3 is 15.8 Å². The van der Waals surface area contributed by atoms with E-state index in [4.69, 9.17) is 10.5 Å². The standard InChI is InChI=1S/C22H27N3O5S/c1-30-20-11-10-17(31(28,29)25-12-6-2-3-7-13-25)15-18(20)22(27)24-19-9-5-4-8-16(19)14-21(23)26/h4-5,8-11,15H,2-3,6-7,12-14H2,1H3,(H2,23,26)(H,24,27). The lowest BCUT2D eigenvalue weighted by Crippen LogP contribution is -2.32. The van der Waals surface area contributed by atoms with Gasteiger partial charge in [0.15, 0.2) is 0 Å². The van der Waals surface area contributed by atoms with Crippen molar-refractivity contribution in [2.45, 2.75) is 37.0 Å². The Morgan fingerprint density at radius 2 is 1.74 bits per heavy atom. The van der Waals surface area contributed by atoms with Crippen LogP contribution in [0.25, 0.3) is 0 Å². The van der Waals surface area contributed by atoms with Crippen LogP contribution in [-0.4, -0.2) is 44.7 Å². The molecule has 0 spiro atoms. The van der Waals surface area contributed by atoms with E-state index in [1.165, 1.54) is 29.6 Å². The number of hydrogen-bond donors (Lipinski definition) is 2. The molecule has 1 aliphatic heterocycles. The fraction of sp³-hybridized carbons (Fsp3) is 0.364. The van der Waals surface area contributed by atoms with Crippen LogP contribution < -0.4 is 15.8 Å². The Hall–Kier alpha value is -2.91. The van der Waals surface area contributed by atoms with E-state index in [1.807, 2.05) is 0 Å². The molecule has 3 N–H and O–H groups in total. The molecule has 2 aromatic carbocycles. The number of amides is 2. The highest BCUT2D eigenvalue weighted by Crippen LogP contribution is 2.27. The average Bonchev–Trinajstić information content (AvgIpc) is 3.04. The number of para-hydroxylation sites is 1. The summed E-state index contributed by atoms with van der Waals surface area (Å²) in [5, 5.41) is 2.74. The Labute approximate surface area is 182 Å². The van der Waals surface area contributed by atoms with E-state index in [9.17, 15) is 18.0 Å². The Morgan fingerprint density at radius 1 is 1.06 bits per heavy atom. The smallest absolute Gasteiger partial charge is 0.259 e. The van der Waals surface area contributed by atoms with Gasteiger partial charge in [-0.2, -0.15) is 4.31 Å². The van der Waals surface area contributed by atoms with Crippen molar-refractivity contribution >= 4 is 27.5 Å². The summed E-state index contributed by atoms with van der Waals surface area (Å²) in [4.78, 5) is 24.4. The minimum Gasteiger partial charge on any atom is -0.496 e. The lowest BCUT2D eigenvalue weighted by molar-refractivity contribution is -0.117. The molecule has 3 rings (SSSR count). The molecule has 1 saturated heterocycles. The highest BCUT2D eigenvalue weighted by atomic mass is 32.2. The fourth-order valence-corrected chi connectivity index (χ4v) is 5.17. The topological polar surface area (TPSA) is 119 Å². The van der Waals surface area contributed by atoms with Crippen molar-refractivity contribution in [3.63, 3.8) is 0 Å². The van der Waals surface area contributed by atoms with Gasteiger partial charge in [0.2, 0.25) is 15.9 Å². The Morgan fingerprint density at radius 3 is 2.39 bits per heavy atom. The maximum atomic E-state index is 13.2. The SMILES string of the molecule is COc1ccc(S(=O)(=O)N2CCCCCC2)cc1C(=O)Nc1ccccc1CC(N)=O. The monoisotopic (exact) mass is 445 g/mol. The number of benzene rings is 2. The van der Waals surface area contributed by atoms with E-state index in [0.717, 1.165) is 25.7 Å². The van der Waals surface area contributed by atoms with Crippen LogP contribution in [0.1, 0.15) is 41.6 Å². The first-order valence-electron chi connectivity index (χ1n) is 10.2. The normalized spacial score (nSPS) is 15.1. The predicted molar refractivity (Wildman–Crippen MR) is 118 cm³/mol. The summed E-state index contributed by atoms with van der Waals surface area (Å²) in [6.07, 6.45) is 3.62. The molecule has 0 aromatic heterocycles. The van der Waals surface area contributed by atoms with Crippen LogP contribution in [0, 0.1) is 0 Å². The molecule has 31 heavy (non-hydrogen) atoms. The van der Waals surface area contributed by atoms with Crippen molar-refractivity contribution in [1.82, 2.24) is 4.31 Å². The highest BCUT2D eigenvalue weighted by molar-refractivity contribution is 7.89. The third-order valence-electron chi connectivity index (χ3n) is 5.25. The average molecular weight is 446 g/mol. The lowest BCUT2D eigenvalue weighted by atomic mass is 10.1. The first-order chi connectivity index (χ1) is 14.8. The van der Waals surface area contributed by atoms with Gasteiger partial charge in [0, 0.05) is 18.8 Å². The fourth-order valence-electron chi connectivity index (χ4n) is 3.63. The number of rotatable bonds is 7. The molecule has 8 nitrogen and oxygen atoms in total. The number of nitrogens with two attached hydrogens (primary N) is 1. The minimum atomic E-state index is -3.73. The van der Waals surface area contributed by atoms with E-state index in [-0.39, 0.29) is 22.6 Å². The zero-order valence-corrected chi connectivity index (χ0v) is 18.3. The van der Waals surface area contributed by atoms with Gasteiger partial charge in [-0.3, -0.25) is 9.59 Å². The molecule has 0 unspecified atom stereocenters. The van der Waals surface area contributed by atoms with Gasteiger partial charge in [0.05, 0.1) is 24.0 Å². The summed E-state index contributed by atoms with van der Waals surface area (Å²) >= 11 is 0. The summed E-state index contributed by atoms with van der Waals surface area (Å²) in [6, 6.07) is 11.1. The molecule has 2 aromatic rings. The number of carbonyl (C=O) groups is 2. The molecular weight excluding hydrogens is 418 g/mol. The van der Waals surface area contributed by atoms with Crippen molar-refractivity contribution in [2.75, 3.05) is 25.5 Å². The first kappa shape index (κ1) is 22.8. The van der Waals surface area contributed by atoms with Crippen molar-refractivity contribution in [3.8, 4) is 5.75 Å². The second-order valence-corrected chi connectivity index (χ2v) is 9.37. The number of carbonyl (C=O) groups excluding carboxylic acids is 2. The molecule has 0 saturated carbocycles. The second kappa shape index (κ2) is 9.93. The van der Waals surface area contributed by atoms with Gasteiger partial charge in [0.1, 0.15) is 5.75 Å². The molecule has 0 bridgehead atoms. The lowest BCUT2D eigenvalue weighted by Gasteiger charge is -2.21. The molecule has 2 amide bonds. The molecular formula is C22H27N3O5S. The maximum Gasteiger partial charge on any atom is 0.259 e. The maximum absolute atomic E-state index is 13.2. The summed E-state index contributed by atoms with van der Waals surface area (Å²) in [7, 11) is -2.31. The quantitative estimate of drug-likeness (QED) is 0.679. The number of primary amides is 1. The van der Waals surface area contributed by atoms with E-state index in [1.54, 1.807) is 24.3 Å². The Kier molecular flexibility index (Phi) is 7.29. The van der Waals surface area contributed by atoms with Crippen LogP contribution >= 0.6 is 0 Å². The van der Waals surface area contributed by atoms with E-state index in [0.29, 0.717) is 24.3 Å². The van der Waals surface area contributed by atoms with E-state index < -0.39 is 21.8 Å². The number of ether oxygens (including phenoxy) is 1. The minimum absolute atomic E-state index is 0.0308. The third-order valence-corrected chi connectivity index (χ3v) is 7.14. The Balaban J connectivity index is 1.92. The summed E-state index contributed by atoms with van der Waals surface area (Å²) in [5.41, 5.74) is 6.37. The predicted octanol–water partition coefficient (Wildman–Crippen LogP) is 2.54. The van der Waals surface area contributed by atoms with Gasteiger partial charge in [-0.05, 0) is 42.7 Å². The number of anilines is 1. The molecule has 166 valence electrons. The summed E-state index contributed by atoms with van der Waals surface area (Å²) in [6.45, 7) is 0.937. The van der Waals surface area contributed by atoms with E-state index >= 15 is 0 Å². The van der Waals surface area contributed by atoms with Crippen molar-refractivity contribution in [3.05, 3.63) is 53.6 Å². The number of sulfonamides is 1. The van der Waals surface area contributed by atoms with E-state index in [2.05, 4.69) is 5.32 Å². The van der Waals surface area contributed by atoms with Crippen molar-refractivity contribution in [1.29, 1.82) is 0 Å². The zero-order chi connectivity index (χ0) is 22.4. The number of nitrogens with one attached hydrogen (secondary N) is 1. The number of hydrogen-bond acceptors (Lipinski definition) is 5. The van der Waals surface area contributed by atoms with Gasteiger partial charge in [0.25, 0.3) is 5.91 Å². The van der Waals surface area contributed by atoms with Crippen molar-refractivity contribution < 1.29 is 22.7 Å². The molecule has 1 aliphatic rings. The molecule has 0 radical (unpaired) electrons. The Bertz CT molecular complexity index is 1060. The van der Waals surface area contributed by atoms with Gasteiger partial charge in [-0.25, -0.2) is 8.42 Å². The van der Waals surface area contributed by atoms with Crippen molar-refractivity contribution in [2.24, 2.45) is 5.73 Å². The third kappa shape index (κ3) is 5.42. The number of methoxy groups -OCH3 is 1. The van der Waals surface area contributed by atoms with Crippen LogP contribution in [0.3, 0.4) is 0 Å². The second-order valence-electron chi connectivity index (χ2n) is 7.43. The van der Waals surface area contributed by atoms with Crippen LogP contribution in [-0.2, 0) is 21.2 Å². The van der Waals surface area contributed by atoms with Gasteiger partial charge in [-0.1, -0.05) is 31.0 Å².